The van der Waals surface area contributed by atoms with E-state index in [1.54, 1.807) is 19.2 Å². The molecule has 2 saturated heterocycles. The van der Waals surface area contributed by atoms with E-state index in [2.05, 4.69) is 10.2 Å². The second-order valence-electron chi connectivity index (χ2n) is 7.02. The third kappa shape index (κ3) is 4.77. The molecule has 2 fully saturated rings. The predicted molar refractivity (Wildman–Crippen MR) is 92.6 cm³/mol. The van der Waals surface area contributed by atoms with Gasteiger partial charge in [-0.1, -0.05) is 12.1 Å². The zero-order valence-electron chi connectivity index (χ0n) is 14.8. The molecule has 0 aliphatic carbocycles. The fourth-order valence-electron chi connectivity index (χ4n) is 3.77. The third-order valence-electron chi connectivity index (χ3n) is 5.21. The summed E-state index contributed by atoms with van der Waals surface area (Å²) >= 11 is 0. The Hall–Kier alpha value is -1.50. The van der Waals surface area contributed by atoms with Gasteiger partial charge in [0.2, 0.25) is 5.91 Å². The molecular formula is C19H27FN2O3. The Bertz CT molecular complexity index is 588. The standard InChI is InChI=1S/C19H27FN2O3/c1-24-12-9-21-18(23)17-5-6-19(25-17)7-10-22(11-8-19)14-15-3-2-4-16(20)13-15/h2-4,13,17H,5-12,14H2,1H3,(H,21,23)/t17-/m0/s1. The molecule has 0 bridgehead atoms. The number of rotatable bonds is 6. The second kappa shape index (κ2) is 8.25. The maximum absolute atomic E-state index is 13.3. The number of nitrogens with one attached hydrogen (secondary N) is 1. The topological polar surface area (TPSA) is 50.8 Å². The van der Waals surface area contributed by atoms with Gasteiger partial charge in [0.1, 0.15) is 11.9 Å². The van der Waals surface area contributed by atoms with Crippen molar-refractivity contribution in [1.82, 2.24) is 10.2 Å². The van der Waals surface area contributed by atoms with Crippen LogP contribution in [0.2, 0.25) is 0 Å². The van der Waals surface area contributed by atoms with Crippen molar-refractivity contribution >= 4 is 5.91 Å². The molecule has 2 aliphatic rings. The van der Waals surface area contributed by atoms with Crippen molar-refractivity contribution in [2.75, 3.05) is 33.4 Å². The molecule has 2 heterocycles. The van der Waals surface area contributed by atoms with Gasteiger partial charge in [-0.05, 0) is 43.4 Å². The van der Waals surface area contributed by atoms with Gasteiger partial charge < -0.3 is 14.8 Å². The minimum atomic E-state index is -0.341. The average molecular weight is 350 g/mol. The van der Waals surface area contributed by atoms with Crippen molar-refractivity contribution < 1.29 is 18.7 Å². The van der Waals surface area contributed by atoms with E-state index in [0.717, 1.165) is 50.9 Å². The van der Waals surface area contributed by atoms with Crippen LogP contribution in [0.3, 0.4) is 0 Å². The second-order valence-corrected chi connectivity index (χ2v) is 7.02. The maximum atomic E-state index is 13.3. The summed E-state index contributed by atoms with van der Waals surface area (Å²) in [7, 11) is 1.62. The highest BCUT2D eigenvalue weighted by molar-refractivity contribution is 5.81. The van der Waals surface area contributed by atoms with E-state index in [0.29, 0.717) is 13.2 Å². The van der Waals surface area contributed by atoms with E-state index in [4.69, 9.17) is 9.47 Å². The van der Waals surface area contributed by atoms with Crippen LogP contribution < -0.4 is 5.32 Å². The predicted octanol–water partition coefficient (Wildman–Crippen LogP) is 2.10. The maximum Gasteiger partial charge on any atom is 0.249 e. The molecule has 1 atom stereocenters. The van der Waals surface area contributed by atoms with Gasteiger partial charge in [-0.15, -0.1) is 0 Å². The summed E-state index contributed by atoms with van der Waals surface area (Å²) in [6.45, 7) is 3.61. The molecule has 6 heteroatoms. The molecule has 3 rings (SSSR count). The van der Waals surface area contributed by atoms with Crippen LogP contribution in [-0.2, 0) is 20.8 Å². The highest BCUT2D eigenvalue weighted by Gasteiger charge is 2.44. The van der Waals surface area contributed by atoms with Gasteiger partial charge >= 0.3 is 0 Å². The molecule has 2 aliphatic heterocycles. The van der Waals surface area contributed by atoms with Crippen molar-refractivity contribution in [2.24, 2.45) is 0 Å². The van der Waals surface area contributed by atoms with Crippen molar-refractivity contribution in [2.45, 2.75) is 43.9 Å². The van der Waals surface area contributed by atoms with E-state index in [1.807, 2.05) is 6.07 Å². The molecule has 1 aromatic carbocycles. The fraction of sp³-hybridized carbons (Fsp3) is 0.632. The average Bonchev–Trinajstić information content (AvgIpc) is 3.01. The molecule has 0 radical (unpaired) electrons. The smallest absolute Gasteiger partial charge is 0.249 e. The van der Waals surface area contributed by atoms with E-state index in [1.165, 1.54) is 6.07 Å². The minimum absolute atomic E-state index is 0.0314. The third-order valence-corrected chi connectivity index (χ3v) is 5.21. The van der Waals surface area contributed by atoms with Crippen LogP contribution in [0.25, 0.3) is 0 Å². The molecule has 0 aromatic heterocycles. The molecule has 1 spiro atoms. The Morgan fingerprint density at radius 3 is 2.92 bits per heavy atom. The molecule has 1 amide bonds. The van der Waals surface area contributed by atoms with Gasteiger partial charge in [-0.3, -0.25) is 9.69 Å². The van der Waals surface area contributed by atoms with Crippen LogP contribution in [0, 0.1) is 5.82 Å². The summed E-state index contributed by atoms with van der Waals surface area (Å²) in [6.07, 6.45) is 3.21. The number of benzene rings is 1. The summed E-state index contributed by atoms with van der Waals surface area (Å²) in [6, 6.07) is 6.78. The molecular weight excluding hydrogens is 323 g/mol. The minimum Gasteiger partial charge on any atom is -0.383 e. The Morgan fingerprint density at radius 2 is 2.20 bits per heavy atom. The quantitative estimate of drug-likeness (QED) is 0.799. The van der Waals surface area contributed by atoms with E-state index < -0.39 is 0 Å². The number of amides is 1. The highest BCUT2D eigenvalue weighted by atomic mass is 19.1. The molecule has 0 unspecified atom stereocenters. The van der Waals surface area contributed by atoms with Crippen LogP contribution in [0.4, 0.5) is 4.39 Å². The number of halogens is 1. The lowest BCUT2D eigenvalue weighted by Gasteiger charge is -2.39. The summed E-state index contributed by atoms with van der Waals surface area (Å²) in [5.41, 5.74) is 0.834. The zero-order chi connectivity index (χ0) is 17.7. The number of ether oxygens (including phenoxy) is 2. The first kappa shape index (κ1) is 18.3. The first-order chi connectivity index (χ1) is 12.1. The number of likely N-dealkylation sites (tertiary alicyclic amines) is 1. The van der Waals surface area contributed by atoms with Crippen LogP contribution in [-0.4, -0.2) is 55.9 Å². The van der Waals surface area contributed by atoms with Crippen molar-refractivity contribution in [3.8, 4) is 0 Å². The van der Waals surface area contributed by atoms with Gasteiger partial charge in [0, 0.05) is 33.3 Å². The fourth-order valence-corrected chi connectivity index (χ4v) is 3.77. The van der Waals surface area contributed by atoms with Gasteiger partial charge in [0.15, 0.2) is 0 Å². The number of piperidine rings is 1. The van der Waals surface area contributed by atoms with Gasteiger partial charge in [-0.25, -0.2) is 4.39 Å². The highest BCUT2D eigenvalue weighted by Crippen LogP contribution is 2.39. The Morgan fingerprint density at radius 1 is 1.40 bits per heavy atom. The largest absolute Gasteiger partial charge is 0.383 e. The Kier molecular flexibility index (Phi) is 6.04. The van der Waals surface area contributed by atoms with Gasteiger partial charge in [0.05, 0.1) is 12.2 Å². The van der Waals surface area contributed by atoms with Crippen LogP contribution in [0.5, 0.6) is 0 Å². The zero-order valence-corrected chi connectivity index (χ0v) is 14.8. The van der Waals surface area contributed by atoms with E-state index >= 15 is 0 Å². The summed E-state index contributed by atoms with van der Waals surface area (Å²) in [5.74, 6) is -0.219. The molecule has 138 valence electrons. The lowest BCUT2D eigenvalue weighted by atomic mass is 9.88. The first-order valence-corrected chi connectivity index (χ1v) is 9.01. The van der Waals surface area contributed by atoms with Crippen LogP contribution in [0.1, 0.15) is 31.2 Å². The molecule has 1 aromatic rings. The molecule has 25 heavy (non-hydrogen) atoms. The van der Waals surface area contributed by atoms with Crippen molar-refractivity contribution in [3.63, 3.8) is 0 Å². The number of hydrogen-bond acceptors (Lipinski definition) is 4. The van der Waals surface area contributed by atoms with Crippen LogP contribution in [0.15, 0.2) is 24.3 Å². The lowest BCUT2D eigenvalue weighted by molar-refractivity contribution is -0.141. The number of nitrogens with zero attached hydrogens (tertiary/aromatic N) is 1. The number of methoxy groups -OCH3 is 1. The summed E-state index contributed by atoms with van der Waals surface area (Å²) < 4.78 is 24.4. The Labute approximate surface area is 148 Å². The van der Waals surface area contributed by atoms with E-state index in [-0.39, 0.29) is 23.4 Å². The monoisotopic (exact) mass is 350 g/mol. The number of hydrogen-bond donors (Lipinski definition) is 1. The first-order valence-electron chi connectivity index (χ1n) is 9.01. The molecule has 0 saturated carbocycles. The summed E-state index contributed by atoms with van der Waals surface area (Å²) in [5, 5.41) is 2.86. The summed E-state index contributed by atoms with van der Waals surface area (Å²) in [4.78, 5) is 14.5. The van der Waals surface area contributed by atoms with Crippen molar-refractivity contribution in [1.29, 1.82) is 0 Å². The van der Waals surface area contributed by atoms with Gasteiger partial charge in [0.25, 0.3) is 0 Å². The van der Waals surface area contributed by atoms with E-state index in [9.17, 15) is 9.18 Å². The number of carbonyl (C=O) groups is 1. The molecule has 5 nitrogen and oxygen atoms in total. The van der Waals surface area contributed by atoms with Crippen molar-refractivity contribution in [3.05, 3.63) is 35.6 Å². The lowest BCUT2D eigenvalue weighted by Crippen LogP contribution is -2.45. The van der Waals surface area contributed by atoms with Gasteiger partial charge in [-0.2, -0.15) is 0 Å². The molecule has 1 N–H and O–H groups in total. The number of carbonyl (C=O) groups excluding carboxylic acids is 1. The SMILES string of the molecule is COCCNC(=O)[C@@H]1CCC2(CCN(Cc3cccc(F)c3)CC2)O1. The normalized spacial score (nSPS) is 23.0. The Balaban J connectivity index is 1.46. The van der Waals surface area contributed by atoms with Crippen LogP contribution >= 0.6 is 0 Å².